The lowest BCUT2D eigenvalue weighted by Gasteiger charge is -2.08. The monoisotopic (exact) mass is 264 g/mol. The second kappa shape index (κ2) is 5.23. The Kier molecular flexibility index (Phi) is 3.67. The molecule has 0 unspecified atom stereocenters. The Hall–Kier alpha value is -1.81. The second-order valence-electron chi connectivity index (χ2n) is 3.91. The van der Waals surface area contributed by atoms with Crippen molar-refractivity contribution >= 4 is 17.6 Å². The van der Waals surface area contributed by atoms with Crippen LogP contribution < -0.4 is 0 Å². The van der Waals surface area contributed by atoms with E-state index in [-0.39, 0.29) is 5.56 Å². The van der Waals surface area contributed by atoms with Crippen molar-refractivity contribution in [3.63, 3.8) is 0 Å². The molecule has 0 radical (unpaired) electrons. The maximum absolute atomic E-state index is 11.2. The van der Waals surface area contributed by atoms with Gasteiger partial charge in [0.05, 0.1) is 5.56 Å². The Bertz CT molecular complexity index is 578. The molecule has 0 saturated carbocycles. The first-order valence-corrected chi connectivity index (χ1v) is 6.01. The number of aromatic nitrogens is 2. The number of hydrogen-bond acceptors (Lipinski definition) is 2. The minimum Gasteiger partial charge on any atom is -0.478 e. The summed E-state index contributed by atoms with van der Waals surface area (Å²) in [5, 5.41) is 9.59. The van der Waals surface area contributed by atoms with Crippen LogP contribution in [0.1, 0.15) is 28.7 Å². The van der Waals surface area contributed by atoms with Crippen molar-refractivity contribution in [2.75, 3.05) is 0 Å². The van der Waals surface area contributed by atoms with E-state index in [1.807, 2.05) is 17.7 Å². The summed E-state index contributed by atoms with van der Waals surface area (Å²) in [5.41, 5.74) is 0.945. The number of aryl methyl sites for hydroxylation is 1. The molecule has 0 atom stereocenters. The van der Waals surface area contributed by atoms with E-state index in [4.69, 9.17) is 16.7 Å². The Morgan fingerprint density at radius 3 is 2.94 bits per heavy atom. The van der Waals surface area contributed by atoms with Gasteiger partial charge in [0.2, 0.25) is 0 Å². The highest BCUT2D eigenvalue weighted by Gasteiger charge is 2.13. The summed E-state index contributed by atoms with van der Waals surface area (Å²) < 4.78 is 1.99. The van der Waals surface area contributed by atoms with Crippen LogP contribution in [-0.4, -0.2) is 20.6 Å². The topological polar surface area (TPSA) is 55.1 Å². The summed E-state index contributed by atoms with van der Waals surface area (Å²) in [6, 6.07) is 4.90. The molecule has 5 heteroatoms. The summed E-state index contributed by atoms with van der Waals surface area (Å²) >= 11 is 5.82. The molecule has 0 amide bonds. The number of carbonyl (C=O) groups is 1. The summed E-state index contributed by atoms with van der Waals surface area (Å²) in [5.74, 6) is -0.121. The molecule has 1 aromatic carbocycles. The zero-order valence-corrected chi connectivity index (χ0v) is 10.7. The van der Waals surface area contributed by atoms with E-state index in [2.05, 4.69) is 4.98 Å². The van der Waals surface area contributed by atoms with Gasteiger partial charge < -0.3 is 9.67 Å². The molecule has 4 nitrogen and oxygen atoms in total. The van der Waals surface area contributed by atoms with E-state index in [1.54, 1.807) is 18.3 Å². The minimum absolute atomic E-state index is 0.230. The molecule has 0 bridgehead atoms. The van der Waals surface area contributed by atoms with Crippen LogP contribution in [0.4, 0.5) is 0 Å². The minimum atomic E-state index is -0.970. The number of rotatable bonds is 4. The van der Waals surface area contributed by atoms with Gasteiger partial charge in [-0.2, -0.15) is 0 Å². The highest BCUT2D eigenvalue weighted by molar-refractivity contribution is 6.30. The fourth-order valence-electron chi connectivity index (χ4n) is 1.87. The van der Waals surface area contributed by atoms with Crippen LogP contribution in [0, 0.1) is 0 Å². The SMILES string of the molecule is CCn1ccnc1Cc1ccc(Cl)cc1C(=O)O. The van der Waals surface area contributed by atoms with Gasteiger partial charge in [0.1, 0.15) is 5.82 Å². The molecule has 0 fully saturated rings. The third kappa shape index (κ3) is 2.54. The second-order valence-corrected chi connectivity index (χ2v) is 4.35. The lowest BCUT2D eigenvalue weighted by Crippen LogP contribution is -2.07. The molecular weight excluding hydrogens is 252 g/mol. The number of carboxylic acid groups (broad SMARTS) is 1. The third-order valence-electron chi connectivity index (χ3n) is 2.79. The number of halogens is 1. The number of benzene rings is 1. The van der Waals surface area contributed by atoms with Crippen LogP contribution in [0.15, 0.2) is 30.6 Å². The Morgan fingerprint density at radius 2 is 2.28 bits per heavy atom. The van der Waals surface area contributed by atoms with Gasteiger partial charge in [0.25, 0.3) is 0 Å². The number of imidazole rings is 1. The van der Waals surface area contributed by atoms with Crippen LogP contribution in [0.2, 0.25) is 5.02 Å². The van der Waals surface area contributed by atoms with Gasteiger partial charge in [-0.15, -0.1) is 0 Å². The summed E-state index contributed by atoms with van der Waals surface area (Å²) in [7, 11) is 0. The molecular formula is C13H13ClN2O2. The molecule has 1 aromatic heterocycles. The standard InChI is InChI=1S/C13H13ClN2O2/c1-2-16-6-5-15-12(16)7-9-3-4-10(14)8-11(9)13(17)18/h3-6,8H,2,7H2,1H3,(H,17,18). The fourth-order valence-corrected chi connectivity index (χ4v) is 2.04. The van der Waals surface area contributed by atoms with Gasteiger partial charge in [-0.25, -0.2) is 9.78 Å². The smallest absolute Gasteiger partial charge is 0.336 e. The predicted molar refractivity (Wildman–Crippen MR) is 69.1 cm³/mol. The van der Waals surface area contributed by atoms with Crippen molar-refractivity contribution in [2.45, 2.75) is 19.9 Å². The lowest BCUT2D eigenvalue weighted by molar-refractivity contribution is 0.0696. The van der Waals surface area contributed by atoms with Crippen molar-refractivity contribution in [2.24, 2.45) is 0 Å². The van der Waals surface area contributed by atoms with Gasteiger partial charge in [-0.3, -0.25) is 0 Å². The Balaban J connectivity index is 2.37. The van der Waals surface area contributed by atoms with Gasteiger partial charge in [0.15, 0.2) is 0 Å². The van der Waals surface area contributed by atoms with Crippen LogP contribution >= 0.6 is 11.6 Å². The molecule has 0 aliphatic carbocycles. The van der Waals surface area contributed by atoms with Crippen molar-refractivity contribution in [1.29, 1.82) is 0 Å². The molecule has 0 spiro atoms. The molecule has 94 valence electrons. The van der Waals surface area contributed by atoms with Crippen molar-refractivity contribution in [1.82, 2.24) is 9.55 Å². The first kappa shape index (κ1) is 12.6. The highest BCUT2D eigenvalue weighted by Crippen LogP contribution is 2.19. The molecule has 0 saturated heterocycles. The Morgan fingerprint density at radius 1 is 1.50 bits per heavy atom. The molecule has 0 aliphatic rings. The maximum Gasteiger partial charge on any atom is 0.336 e. The van der Waals surface area contributed by atoms with Crippen molar-refractivity contribution in [3.05, 3.63) is 52.6 Å². The molecule has 2 aromatic rings. The van der Waals surface area contributed by atoms with E-state index in [0.717, 1.165) is 12.4 Å². The quantitative estimate of drug-likeness (QED) is 0.924. The number of carboxylic acids is 1. The van der Waals surface area contributed by atoms with E-state index in [0.29, 0.717) is 17.0 Å². The first-order valence-electron chi connectivity index (χ1n) is 5.63. The van der Waals surface area contributed by atoms with E-state index in [9.17, 15) is 4.79 Å². The summed E-state index contributed by atoms with van der Waals surface area (Å²) in [6.07, 6.45) is 4.08. The average Bonchev–Trinajstić information content (AvgIpc) is 2.78. The van der Waals surface area contributed by atoms with Crippen molar-refractivity contribution in [3.8, 4) is 0 Å². The fraction of sp³-hybridized carbons (Fsp3) is 0.231. The number of hydrogen-bond donors (Lipinski definition) is 1. The summed E-state index contributed by atoms with van der Waals surface area (Å²) in [4.78, 5) is 15.4. The summed E-state index contributed by atoms with van der Waals surface area (Å²) in [6.45, 7) is 2.83. The van der Waals surface area contributed by atoms with E-state index >= 15 is 0 Å². The maximum atomic E-state index is 11.2. The van der Waals surface area contributed by atoms with Crippen LogP contribution in [-0.2, 0) is 13.0 Å². The van der Waals surface area contributed by atoms with Gasteiger partial charge >= 0.3 is 5.97 Å². The normalized spacial score (nSPS) is 10.6. The van der Waals surface area contributed by atoms with Crippen LogP contribution in [0.3, 0.4) is 0 Å². The molecule has 1 N–H and O–H groups in total. The van der Waals surface area contributed by atoms with Crippen LogP contribution in [0.25, 0.3) is 0 Å². The van der Waals surface area contributed by atoms with E-state index in [1.165, 1.54) is 6.07 Å². The zero-order chi connectivity index (χ0) is 13.1. The molecule has 1 heterocycles. The lowest BCUT2D eigenvalue weighted by atomic mass is 10.0. The third-order valence-corrected chi connectivity index (χ3v) is 3.03. The Labute approximate surface area is 110 Å². The zero-order valence-electron chi connectivity index (χ0n) is 9.93. The average molecular weight is 265 g/mol. The highest BCUT2D eigenvalue weighted by atomic mass is 35.5. The van der Waals surface area contributed by atoms with Gasteiger partial charge in [0, 0.05) is 30.4 Å². The largest absolute Gasteiger partial charge is 0.478 e. The van der Waals surface area contributed by atoms with Gasteiger partial charge in [-0.05, 0) is 24.6 Å². The molecule has 2 rings (SSSR count). The van der Waals surface area contributed by atoms with Crippen LogP contribution in [0.5, 0.6) is 0 Å². The van der Waals surface area contributed by atoms with Gasteiger partial charge in [-0.1, -0.05) is 17.7 Å². The van der Waals surface area contributed by atoms with E-state index < -0.39 is 5.97 Å². The number of aromatic carboxylic acids is 1. The molecule has 0 aliphatic heterocycles. The predicted octanol–water partition coefficient (Wildman–Crippen LogP) is 2.85. The van der Waals surface area contributed by atoms with Crippen molar-refractivity contribution < 1.29 is 9.90 Å². The molecule has 18 heavy (non-hydrogen) atoms. The first-order chi connectivity index (χ1) is 8.61. The number of nitrogens with zero attached hydrogens (tertiary/aromatic N) is 2.